The van der Waals surface area contributed by atoms with Gasteiger partial charge in [0, 0.05) is 12.5 Å². The average Bonchev–Trinajstić information content (AvgIpc) is 2.75. The van der Waals surface area contributed by atoms with Gasteiger partial charge in [-0.1, -0.05) is 57.4 Å². The molecule has 1 heterocycles. The van der Waals surface area contributed by atoms with Crippen molar-refractivity contribution in [3.05, 3.63) is 35.4 Å². The van der Waals surface area contributed by atoms with E-state index in [1.54, 1.807) is 0 Å². The highest BCUT2D eigenvalue weighted by Crippen LogP contribution is 2.26. The molecule has 1 aliphatic carbocycles. The Morgan fingerprint density at radius 2 is 1.67 bits per heavy atom. The summed E-state index contributed by atoms with van der Waals surface area (Å²) in [6, 6.07) is 6.59. The van der Waals surface area contributed by atoms with Gasteiger partial charge in [0.15, 0.2) is 0 Å². The van der Waals surface area contributed by atoms with E-state index < -0.39 is 23.8 Å². The van der Waals surface area contributed by atoms with Crippen molar-refractivity contribution in [3.8, 4) is 0 Å². The Morgan fingerprint density at radius 1 is 1.03 bits per heavy atom. The molecule has 1 fully saturated rings. The molecular weight excluding hydrogens is 418 g/mol. The molecule has 0 unspecified atom stereocenters. The number of nitrogens with one attached hydrogen (secondary N) is 2. The van der Waals surface area contributed by atoms with Gasteiger partial charge in [0.05, 0.1) is 6.54 Å². The van der Waals surface area contributed by atoms with Gasteiger partial charge < -0.3 is 15.4 Å². The van der Waals surface area contributed by atoms with Crippen molar-refractivity contribution in [1.29, 1.82) is 0 Å². The molecule has 0 bridgehead atoms. The van der Waals surface area contributed by atoms with E-state index in [9.17, 15) is 14.4 Å². The predicted molar refractivity (Wildman–Crippen MR) is 127 cm³/mol. The van der Waals surface area contributed by atoms with Crippen LogP contribution >= 0.6 is 0 Å². The Balaban J connectivity index is 1.77. The van der Waals surface area contributed by atoms with Gasteiger partial charge >= 0.3 is 6.09 Å². The minimum Gasteiger partial charge on any atom is -0.444 e. The number of ether oxygens (including phenoxy) is 1. The Labute approximate surface area is 197 Å². The van der Waals surface area contributed by atoms with Crippen LogP contribution in [0.4, 0.5) is 4.79 Å². The van der Waals surface area contributed by atoms with Gasteiger partial charge in [-0.15, -0.1) is 0 Å². The molecule has 0 spiro atoms. The summed E-state index contributed by atoms with van der Waals surface area (Å²) in [5, 5.41) is 6.08. The minimum absolute atomic E-state index is 0.0802. The molecule has 3 rings (SSSR count). The average molecular weight is 458 g/mol. The van der Waals surface area contributed by atoms with Gasteiger partial charge in [0.2, 0.25) is 11.8 Å². The standard InChI is InChI=1S/C26H39N3O4/c1-17(2)22(24(31)27-20-13-7-6-8-14-20)28-23(30)21-15-18-11-9-10-12-19(18)16-29(21)25(32)33-26(3,4)5/h9-12,17,20-22H,6-8,13-16H2,1-5H3,(H,27,31)(H,28,30)/t21-,22-/m0/s1. The second-order valence-corrected chi connectivity index (χ2v) is 10.7. The highest BCUT2D eigenvalue weighted by atomic mass is 16.6. The first-order valence-corrected chi connectivity index (χ1v) is 12.2. The molecule has 0 radical (unpaired) electrons. The summed E-state index contributed by atoms with van der Waals surface area (Å²) in [5.41, 5.74) is 1.36. The number of benzene rings is 1. The van der Waals surface area contributed by atoms with E-state index in [4.69, 9.17) is 4.74 Å². The molecule has 0 saturated heterocycles. The molecule has 1 aromatic rings. The van der Waals surface area contributed by atoms with E-state index in [-0.39, 0.29) is 23.8 Å². The molecule has 3 amide bonds. The van der Waals surface area contributed by atoms with Crippen molar-refractivity contribution < 1.29 is 19.1 Å². The molecule has 0 aromatic heterocycles. The number of amides is 3. The Bertz CT molecular complexity index is 855. The molecule has 33 heavy (non-hydrogen) atoms. The summed E-state index contributed by atoms with van der Waals surface area (Å²) >= 11 is 0. The van der Waals surface area contributed by atoms with Crippen LogP contribution in [0.25, 0.3) is 0 Å². The molecule has 2 atom stereocenters. The van der Waals surface area contributed by atoms with Crippen molar-refractivity contribution in [1.82, 2.24) is 15.5 Å². The van der Waals surface area contributed by atoms with Crippen molar-refractivity contribution in [2.24, 2.45) is 5.92 Å². The topological polar surface area (TPSA) is 87.7 Å². The first-order chi connectivity index (χ1) is 15.5. The molecule has 1 saturated carbocycles. The zero-order valence-corrected chi connectivity index (χ0v) is 20.6. The minimum atomic E-state index is -0.738. The third-order valence-corrected chi connectivity index (χ3v) is 6.38. The van der Waals surface area contributed by atoms with Gasteiger partial charge in [0.1, 0.15) is 17.7 Å². The number of rotatable bonds is 5. The van der Waals surface area contributed by atoms with Crippen LogP contribution in [-0.2, 0) is 27.3 Å². The largest absolute Gasteiger partial charge is 0.444 e. The van der Waals surface area contributed by atoms with Crippen LogP contribution in [-0.4, -0.2) is 46.5 Å². The van der Waals surface area contributed by atoms with Crippen LogP contribution in [0.5, 0.6) is 0 Å². The number of nitrogens with zero attached hydrogens (tertiary/aromatic N) is 1. The third kappa shape index (κ3) is 6.71. The van der Waals surface area contributed by atoms with Crippen molar-refractivity contribution in [2.45, 2.75) is 103 Å². The Hall–Kier alpha value is -2.57. The molecule has 7 nitrogen and oxygen atoms in total. The predicted octanol–water partition coefficient (Wildman–Crippen LogP) is 3.94. The van der Waals surface area contributed by atoms with Crippen molar-refractivity contribution >= 4 is 17.9 Å². The molecule has 1 aliphatic heterocycles. The second-order valence-electron chi connectivity index (χ2n) is 10.7. The summed E-state index contributed by atoms with van der Waals surface area (Å²) < 4.78 is 5.60. The van der Waals surface area contributed by atoms with E-state index in [1.165, 1.54) is 11.3 Å². The molecular formula is C26H39N3O4. The first-order valence-electron chi connectivity index (χ1n) is 12.2. The van der Waals surface area contributed by atoms with E-state index in [1.807, 2.05) is 58.9 Å². The maximum Gasteiger partial charge on any atom is 0.411 e. The van der Waals surface area contributed by atoms with Gasteiger partial charge in [-0.3, -0.25) is 14.5 Å². The van der Waals surface area contributed by atoms with Crippen LogP contribution < -0.4 is 10.6 Å². The van der Waals surface area contributed by atoms with Gasteiger partial charge in [-0.2, -0.15) is 0 Å². The summed E-state index contributed by atoms with van der Waals surface area (Å²) in [5.74, 6) is -0.554. The summed E-state index contributed by atoms with van der Waals surface area (Å²) in [7, 11) is 0. The monoisotopic (exact) mass is 457 g/mol. The number of carbonyl (C=O) groups is 3. The second kappa shape index (κ2) is 10.6. The lowest BCUT2D eigenvalue weighted by Crippen LogP contribution is -2.59. The van der Waals surface area contributed by atoms with Gasteiger partial charge in [0.25, 0.3) is 0 Å². The zero-order chi connectivity index (χ0) is 24.2. The molecule has 2 aliphatic rings. The SMILES string of the molecule is CC(C)[C@H](NC(=O)[C@@H]1Cc2ccccc2CN1C(=O)OC(C)(C)C)C(=O)NC1CCCCC1. The highest BCUT2D eigenvalue weighted by molar-refractivity contribution is 5.92. The lowest BCUT2D eigenvalue weighted by Gasteiger charge is -2.37. The Morgan fingerprint density at radius 3 is 2.27 bits per heavy atom. The van der Waals surface area contributed by atoms with Gasteiger partial charge in [-0.25, -0.2) is 4.79 Å². The van der Waals surface area contributed by atoms with Crippen LogP contribution in [0.2, 0.25) is 0 Å². The molecule has 7 heteroatoms. The number of carbonyl (C=O) groups excluding carboxylic acids is 3. The zero-order valence-electron chi connectivity index (χ0n) is 20.6. The summed E-state index contributed by atoms with van der Waals surface area (Å²) in [6.07, 6.45) is 5.28. The number of fused-ring (bicyclic) bond motifs is 1. The van der Waals surface area contributed by atoms with E-state index in [2.05, 4.69) is 10.6 Å². The fraction of sp³-hybridized carbons (Fsp3) is 0.654. The van der Waals surface area contributed by atoms with Crippen molar-refractivity contribution in [3.63, 3.8) is 0 Å². The fourth-order valence-corrected chi connectivity index (χ4v) is 4.59. The first kappa shape index (κ1) is 25.1. The van der Waals surface area contributed by atoms with E-state index in [0.717, 1.165) is 36.8 Å². The van der Waals surface area contributed by atoms with Crippen LogP contribution in [0.1, 0.15) is 77.8 Å². The van der Waals surface area contributed by atoms with E-state index >= 15 is 0 Å². The lowest BCUT2D eigenvalue weighted by atomic mass is 9.92. The maximum atomic E-state index is 13.5. The lowest BCUT2D eigenvalue weighted by molar-refractivity contribution is -0.133. The van der Waals surface area contributed by atoms with Crippen LogP contribution in [0.15, 0.2) is 24.3 Å². The van der Waals surface area contributed by atoms with Gasteiger partial charge in [-0.05, 0) is 50.7 Å². The van der Waals surface area contributed by atoms with Crippen LogP contribution in [0, 0.1) is 5.92 Å². The fourth-order valence-electron chi connectivity index (χ4n) is 4.59. The highest BCUT2D eigenvalue weighted by Gasteiger charge is 2.38. The van der Waals surface area contributed by atoms with Crippen molar-refractivity contribution in [2.75, 3.05) is 0 Å². The summed E-state index contributed by atoms with van der Waals surface area (Å²) in [4.78, 5) is 41.0. The normalized spacial score (nSPS) is 20.1. The molecule has 2 N–H and O–H groups in total. The summed E-state index contributed by atoms with van der Waals surface area (Å²) in [6.45, 7) is 9.57. The molecule has 1 aromatic carbocycles. The Kier molecular flexibility index (Phi) is 8.03. The quantitative estimate of drug-likeness (QED) is 0.701. The third-order valence-electron chi connectivity index (χ3n) is 6.38. The van der Waals surface area contributed by atoms with E-state index in [0.29, 0.717) is 13.0 Å². The smallest absolute Gasteiger partial charge is 0.411 e. The number of hydrogen-bond acceptors (Lipinski definition) is 4. The maximum absolute atomic E-state index is 13.5. The number of hydrogen-bond donors (Lipinski definition) is 2. The van der Waals surface area contributed by atoms with Crippen LogP contribution in [0.3, 0.4) is 0 Å². The molecule has 182 valence electrons.